The van der Waals surface area contributed by atoms with Gasteiger partial charge in [0.25, 0.3) is 0 Å². The molecule has 43 valence electrons. The molecule has 1 radical (unpaired) electrons. The number of hydrogen-bond donors (Lipinski definition) is 0. The van der Waals surface area contributed by atoms with E-state index < -0.39 is 0 Å². The normalized spacial score (nSPS) is 20.6. The predicted octanol–water partition coefficient (Wildman–Crippen LogP) is 0.388. The SMILES string of the molecule is C1COCC[N-]1.[Re]. The van der Waals surface area contributed by atoms with E-state index >= 15 is 0 Å². The van der Waals surface area contributed by atoms with E-state index in [1.54, 1.807) is 0 Å². The van der Waals surface area contributed by atoms with Crippen LogP contribution >= 0.6 is 0 Å². The van der Waals surface area contributed by atoms with E-state index in [1.807, 2.05) is 0 Å². The van der Waals surface area contributed by atoms with Gasteiger partial charge in [0.2, 0.25) is 0 Å². The minimum Gasteiger partial charge on any atom is -0.659 e. The van der Waals surface area contributed by atoms with Crippen LogP contribution in [0.25, 0.3) is 5.32 Å². The number of morpholine rings is 1. The molecule has 0 amide bonds. The summed E-state index contributed by atoms with van der Waals surface area (Å²) >= 11 is 0. The van der Waals surface area contributed by atoms with Crippen molar-refractivity contribution in [2.45, 2.75) is 0 Å². The fourth-order valence-corrected chi connectivity index (χ4v) is 0.472. The first kappa shape index (κ1) is 7.58. The first-order chi connectivity index (χ1) is 3.00. The first-order valence-electron chi connectivity index (χ1n) is 2.21. The van der Waals surface area contributed by atoms with Crippen LogP contribution in [0.5, 0.6) is 0 Å². The standard InChI is InChI=1S/C4H8NO.Re/c1-3-6-4-2-5-1;/h1-4H2;/q-1;. The van der Waals surface area contributed by atoms with Gasteiger partial charge in [0.15, 0.2) is 0 Å². The van der Waals surface area contributed by atoms with Gasteiger partial charge in [-0.15, -0.1) is 13.1 Å². The van der Waals surface area contributed by atoms with Gasteiger partial charge in [-0.05, 0) is 0 Å². The molecule has 0 unspecified atom stereocenters. The largest absolute Gasteiger partial charge is 0.659 e. The summed E-state index contributed by atoms with van der Waals surface area (Å²) in [7, 11) is 0. The molecule has 1 rings (SSSR count). The van der Waals surface area contributed by atoms with Crippen molar-refractivity contribution < 1.29 is 25.2 Å². The summed E-state index contributed by atoms with van der Waals surface area (Å²) in [6.07, 6.45) is 0. The number of hydrogen-bond acceptors (Lipinski definition) is 1. The van der Waals surface area contributed by atoms with Crippen molar-refractivity contribution in [3.63, 3.8) is 0 Å². The Labute approximate surface area is 57.3 Å². The number of rotatable bonds is 0. The Balaban J connectivity index is 0.000000360. The van der Waals surface area contributed by atoms with Crippen LogP contribution in [0.3, 0.4) is 0 Å². The van der Waals surface area contributed by atoms with Crippen LogP contribution in [-0.4, -0.2) is 26.3 Å². The van der Waals surface area contributed by atoms with Gasteiger partial charge in [-0.2, -0.15) is 0 Å². The van der Waals surface area contributed by atoms with Crippen molar-refractivity contribution in [3.8, 4) is 0 Å². The molecule has 0 aliphatic carbocycles. The molecule has 2 nitrogen and oxygen atoms in total. The summed E-state index contributed by atoms with van der Waals surface area (Å²) in [5.74, 6) is 0. The second-order valence-electron chi connectivity index (χ2n) is 1.28. The Morgan fingerprint density at radius 3 is 1.86 bits per heavy atom. The number of ether oxygens (including phenoxy) is 1. The van der Waals surface area contributed by atoms with Gasteiger partial charge in [0, 0.05) is 33.6 Å². The topological polar surface area (TPSA) is 23.3 Å². The van der Waals surface area contributed by atoms with Crippen LogP contribution in [0.1, 0.15) is 0 Å². The molecule has 0 spiro atoms. The van der Waals surface area contributed by atoms with Crippen LogP contribution in [0.4, 0.5) is 0 Å². The summed E-state index contributed by atoms with van der Waals surface area (Å²) in [6.45, 7) is 3.47. The summed E-state index contributed by atoms with van der Waals surface area (Å²) in [5.41, 5.74) is 0. The fraction of sp³-hybridized carbons (Fsp3) is 1.00. The van der Waals surface area contributed by atoms with E-state index in [0.717, 1.165) is 26.3 Å². The maximum absolute atomic E-state index is 4.98. The summed E-state index contributed by atoms with van der Waals surface area (Å²) < 4.78 is 4.98. The third-order valence-electron chi connectivity index (χ3n) is 0.787. The smallest absolute Gasteiger partial charge is 0.0277 e. The van der Waals surface area contributed by atoms with Crippen molar-refractivity contribution in [3.05, 3.63) is 5.32 Å². The van der Waals surface area contributed by atoms with Gasteiger partial charge < -0.3 is 10.1 Å². The molecular formula is C4H8NORe-. The van der Waals surface area contributed by atoms with Crippen molar-refractivity contribution >= 4 is 0 Å². The summed E-state index contributed by atoms with van der Waals surface area (Å²) in [5, 5.41) is 4.05. The third-order valence-corrected chi connectivity index (χ3v) is 0.787. The quantitative estimate of drug-likeness (QED) is 0.625. The Morgan fingerprint density at radius 2 is 1.71 bits per heavy atom. The second-order valence-corrected chi connectivity index (χ2v) is 1.28. The van der Waals surface area contributed by atoms with Gasteiger partial charge in [-0.25, -0.2) is 0 Å². The minimum absolute atomic E-state index is 0. The zero-order valence-electron chi connectivity index (χ0n) is 4.06. The van der Waals surface area contributed by atoms with E-state index in [0.29, 0.717) is 0 Å². The molecular weight excluding hydrogens is 264 g/mol. The number of nitrogens with zero attached hydrogens (tertiary/aromatic N) is 1. The average Bonchev–Trinajstić information content (AvgIpc) is 1.72. The van der Waals surface area contributed by atoms with Crippen molar-refractivity contribution in [1.29, 1.82) is 0 Å². The van der Waals surface area contributed by atoms with E-state index in [2.05, 4.69) is 5.32 Å². The molecule has 1 saturated heterocycles. The van der Waals surface area contributed by atoms with Gasteiger partial charge in [-0.1, -0.05) is 0 Å². The van der Waals surface area contributed by atoms with Gasteiger partial charge >= 0.3 is 0 Å². The Kier molecular flexibility index (Phi) is 5.13. The molecule has 7 heavy (non-hydrogen) atoms. The Bertz CT molecular complexity index is 27.2. The molecule has 1 aliphatic rings. The molecule has 1 heterocycles. The molecule has 0 N–H and O–H groups in total. The Hall–Kier alpha value is 0.582. The van der Waals surface area contributed by atoms with Crippen LogP contribution in [0.15, 0.2) is 0 Å². The van der Waals surface area contributed by atoms with E-state index in [-0.39, 0.29) is 20.4 Å². The zero-order valence-corrected chi connectivity index (χ0v) is 6.78. The van der Waals surface area contributed by atoms with Crippen LogP contribution < -0.4 is 0 Å². The monoisotopic (exact) mass is 273 g/mol. The molecule has 0 saturated carbocycles. The third kappa shape index (κ3) is 3.19. The van der Waals surface area contributed by atoms with E-state index in [1.165, 1.54) is 0 Å². The molecule has 1 fully saturated rings. The van der Waals surface area contributed by atoms with Crippen LogP contribution in [0.2, 0.25) is 0 Å². The summed E-state index contributed by atoms with van der Waals surface area (Å²) in [4.78, 5) is 0. The van der Waals surface area contributed by atoms with E-state index in [9.17, 15) is 0 Å². The maximum Gasteiger partial charge on any atom is 0.0277 e. The Morgan fingerprint density at radius 1 is 1.14 bits per heavy atom. The van der Waals surface area contributed by atoms with Gasteiger partial charge in [0.1, 0.15) is 0 Å². The fourth-order valence-electron chi connectivity index (χ4n) is 0.472. The molecule has 3 heteroatoms. The molecule has 1 aliphatic heterocycles. The van der Waals surface area contributed by atoms with Crippen molar-refractivity contribution in [1.82, 2.24) is 0 Å². The maximum atomic E-state index is 4.98. The van der Waals surface area contributed by atoms with Crippen molar-refractivity contribution in [2.75, 3.05) is 26.3 Å². The average molecular weight is 272 g/mol. The molecule has 0 aromatic rings. The minimum atomic E-state index is 0. The first-order valence-corrected chi connectivity index (χ1v) is 2.21. The van der Waals surface area contributed by atoms with Gasteiger partial charge in [-0.3, -0.25) is 0 Å². The molecule has 0 bridgehead atoms. The van der Waals surface area contributed by atoms with Crippen LogP contribution in [-0.2, 0) is 25.2 Å². The predicted molar refractivity (Wildman–Crippen MR) is 23.9 cm³/mol. The zero-order chi connectivity index (χ0) is 4.24. The second kappa shape index (κ2) is 4.73. The molecule has 0 aromatic carbocycles. The van der Waals surface area contributed by atoms with Crippen LogP contribution in [0, 0.1) is 0 Å². The molecule has 0 aromatic heterocycles. The van der Waals surface area contributed by atoms with Gasteiger partial charge in [0.05, 0.1) is 0 Å². The van der Waals surface area contributed by atoms with Crippen molar-refractivity contribution in [2.24, 2.45) is 0 Å². The molecule has 0 atom stereocenters. The van der Waals surface area contributed by atoms with E-state index in [4.69, 9.17) is 4.74 Å². The summed E-state index contributed by atoms with van der Waals surface area (Å²) in [6, 6.07) is 0.